The van der Waals surface area contributed by atoms with Crippen molar-refractivity contribution >= 4 is 33.3 Å². The fourth-order valence-electron chi connectivity index (χ4n) is 4.50. The van der Waals surface area contributed by atoms with E-state index in [1.165, 1.54) is 0 Å². The molecular weight excluding hydrogens is 424 g/mol. The summed E-state index contributed by atoms with van der Waals surface area (Å²) in [5.74, 6) is 1.69. The summed E-state index contributed by atoms with van der Waals surface area (Å²) in [7, 11) is 0. The van der Waals surface area contributed by atoms with Gasteiger partial charge in [-0.05, 0) is 57.9 Å². The molecular formula is C23H30N6O2S. The monoisotopic (exact) mass is 454 g/mol. The summed E-state index contributed by atoms with van der Waals surface area (Å²) in [5.41, 5.74) is 3.59. The van der Waals surface area contributed by atoms with Crippen LogP contribution in [0.4, 0.5) is 11.8 Å². The highest BCUT2D eigenvalue weighted by Crippen LogP contribution is 2.45. The molecule has 2 unspecified atom stereocenters. The Balaban J connectivity index is 1.50. The second kappa shape index (κ2) is 8.53. The van der Waals surface area contributed by atoms with E-state index in [4.69, 9.17) is 15.0 Å². The number of rotatable bonds is 8. The average Bonchev–Trinajstić information content (AvgIpc) is 3.20. The quantitative estimate of drug-likeness (QED) is 0.409. The van der Waals surface area contributed by atoms with Gasteiger partial charge >= 0.3 is 0 Å². The minimum Gasteiger partial charge on any atom is -0.396 e. The van der Waals surface area contributed by atoms with Crippen LogP contribution in [0.1, 0.15) is 43.5 Å². The SMILES string of the molecule is Cc1nc(NCC2(CO)CC2)nc(NC2CCC(CO)C2)c1-c1nc2c(C)nccc2s1. The van der Waals surface area contributed by atoms with Crippen LogP contribution in [0.2, 0.25) is 0 Å². The number of thiazole rings is 1. The molecule has 0 aromatic carbocycles. The number of nitrogens with zero attached hydrogens (tertiary/aromatic N) is 4. The van der Waals surface area contributed by atoms with Gasteiger partial charge in [-0.15, -0.1) is 11.3 Å². The predicted octanol–water partition coefficient (Wildman–Crippen LogP) is 3.52. The van der Waals surface area contributed by atoms with E-state index in [1.54, 1.807) is 11.3 Å². The number of hydrogen-bond donors (Lipinski definition) is 4. The third-order valence-corrected chi connectivity index (χ3v) is 7.89. The molecule has 8 nitrogen and oxygen atoms in total. The first kappa shape index (κ1) is 21.5. The molecule has 0 amide bonds. The molecule has 0 spiro atoms. The van der Waals surface area contributed by atoms with E-state index in [1.807, 2.05) is 26.1 Å². The molecule has 2 fully saturated rings. The van der Waals surface area contributed by atoms with E-state index >= 15 is 0 Å². The molecule has 32 heavy (non-hydrogen) atoms. The van der Waals surface area contributed by atoms with E-state index in [9.17, 15) is 10.2 Å². The zero-order valence-corrected chi connectivity index (χ0v) is 19.4. The second-order valence-corrected chi connectivity index (χ2v) is 10.4. The Bertz CT molecular complexity index is 1130. The van der Waals surface area contributed by atoms with Crippen molar-refractivity contribution in [3.63, 3.8) is 0 Å². The Hall–Kier alpha value is -2.36. The smallest absolute Gasteiger partial charge is 0.224 e. The molecule has 2 aliphatic carbocycles. The van der Waals surface area contributed by atoms with Crippen molar-refractivity contribution in [3.8, 4) is 10.6 Å². The van der Waals surface area contributed by atoms with Gasteiger partial charge in [0.15, 0.2) is 0 Å². The van der Waals surface area contributed by atoms with E-state index in [2.05, 4.69) is 15.6 Å². The summed E-state index contributed by atoms with van der Waals surface area (Å²) < 4.78 is 1.10. The average molecular weight is 455 g/mol. The van der Waals surface area contributed by atoms with Crippen LogP contribution in [-0.2, 0) is 0 Å². The van der Waals surface area contributed by atoms with Gasteiger partial charge in [0.25, 0.3) is 0 Å². The van der Waals surface area contributed by atoms with Crippen molar-refractivity contribution in [1.29, 1.82) is 0 Å². The molecule has 3 aromatic rings. The molecule has 0 saturated heterocycles. The zero-order chi connectivity index (χ0) is 22.3. The summed E-state index contributed by atoms with van der Waals surface area (Å²) in [5, 5.41) is 27.1. The van der Waals surface area contributed by atoms with Crippen molar-refractivity contribution in [3.05, 3.63) is 23.7 Å². The number of anilines is 2. The molecule has 2 saturated carbocycles. The Morgan fingerprint density at radius 2 is 1.97 bits per heavy atom. The third kappa shape index (κ3) is 4.16. The van der Waals surface area contributed by atoms with Gasteiger partial charge in [0.05, 0.1) is 28.3 Å². The summed E-state index contributed by atoms with van der Waals surface area (Å²) in [4.78, 5) is 18.9. The summed E-state index contributed by atoms with van der Waals surface area (Å²) in [6.07, 6.45) is 6.83. The topological polar surface area (TPSA) is 116 Å². The van der Waals surface area contributed by atoms with Crippen molar-refractivity contribution in [2.45, 2.75) is 52.0 Å². The Morgan fingerprint density at radius 3 is 2.66 bits per heavy atom. The Kier molecular flexibility index (Phi) is 5.73. The van der Waals surface area contributed by atoms with E-state index in [-0.39, 0.29) is 24.7 Å². The maximum atomic E-state index is 9.64. The molecule has 2 atom stereocenters. The second-order valence-electron chi connectivity index (χ2n) is 9.33. The van der Waals surface area contributed by atoms with Crippen molar-refractivity contribution < 1.29 is 10.2 Å². The number of hydrogen-bond acceptors (Lipinski definition) is 9. The van der Waals surface area contributed by atoms with Crippen LogP contribution in [0.5, 0.6) is 0 Å². The van der Waals surface area contributed by atoms with Gasteiger partial charge in [-0.3, -0.25) is 4.98 Å². The van der Waals surface area contributed by atoms with Crippen LogP contribution in [0.15, 0.2) is 12.3 Å². The Labute approximate surface area is 191 Å². The minimum atomic E-state index is -0.0269. The lowest BCUT2D eigenvalue weighted by Gasteiger charge is -2.19. The van der Waals surface area contributed by atoms with Gasteiger partial charge in [-0.1, -0.05) is 0 Å². The van der Waals surface area contributed by atoms with Gasteiger partial charge in [0.2, 0.25) is 5.95 Å². The number of pyridine rings is 1. The number of aliphatic hydroxyl groups is 2. The highest BCUT2D eigenvalue weighted by molar-refractivity contribution is 7.21. The lowest BCUT2D eigenvalue weighted by Crippen LogP contribution is -2.22. The maximum absolute atomic E-state index is 9.64. The van der Waals surface area contributed by atoms with Gasteiger partial charge < -0.3 is 20.8 Å². The standard InChI is InChI=1S/C23H30N6O2S/c1-13-18(21-28-19-14(2)24-8-5-17(19)32-21)20(27-16-4-3-15(9-16)10-30)29-22(26-13)25-11-23(12-31)6-7-23/h5,8,15-16,30-31H,3-4,6-7,9-12H2,1-2H3,(H2,25,26,27,29). The molecule has 4 N–H and O–H groups in total. The molecule has 5 rings (SSSR count). The number of aliphatic hydroxyl groups excluding tert-OH is 2. The van der Waals surface area contributed by atoms with E-state index in [0.29, 0.717) is 18.4 Å². The summed E-state index contributed by atoms with van der Waals surface area (Å²) in [6, 6.07) is 2.26. The first-order chi connectivity index (χ1) is 15.5. The minimum absolute atomic E-state index is 0.0269. The van der Waals surface area contributed by atoms with E-state index < -0.39 is 0 Å². The van der Waals surface area contributed by atoms with Crippen LogP contribution < -0.4 is 10.6 Å². The summed E-state index contributed by atoms with van der Waals surface area (Å²) in [6.45, 7) is 5.06. The van der Waals surface area contributed by atoms with E-state index in [0.717, 1.165) is 70.1 Å². The molecule has 2 aliphatic rings. The molecule has 0 bridgehead atoms. The van der Waals surface area contributed by atoms with Crippen LogP contribution >= 0.6 is 11.3 Å². The van der Waals surface area contributed by atoms with Gasteiger partial charge in [-0.25, -0.2) is 9.97 Å². The first-order valence-electron chi connectivity index (χ1n) is 11.3. The van der Waals surface area contributed by atoms with Gasteiger partial charge in [0.1, 0.15) is 16.3 Å². The highest BCUT2D eigenvalue weighted by Gasteiger charge is 2.42. The summed E-state index contributed by atoms with van der Waals surface area (Å²) >= 11 is 1.63. The molecule has 3 heterocycles. The predicted molar refractivity (Wildman–Crippen MR) is 127 cm³/mol. The largest absolute Gasteiger partial charge is 0.396 e. The fraction of sp³-hybridized carbons (Fsp3) is 0.565. The zero-order valence-electron chi connectivity index (χ0n) is 18.6. The number of aromatic nitrogens is 4. The molecule has 3 aromatic heterocycles. The van der Waals surface area contributed by atoms with Gasteiger partial charge in [-0.2, -0.15) is 4.98 Å². The molecule has 9 heteroatoms. The lowest BCUT2D eigenvalue weighted by atomic mass is 10.1. The van der Waals surface area contributed by atoms with Crippen LogP contribution in [-0.4, -0.2) is 55.9 Å². The molecule has 0 aliphatic heterocycles. The number of aryl methyl sites for hydroxylation is 2. The highest BCUT2D eigenvalue weighted by atomic mass is 32.1. The van der Waals surface area contributed by atoms with Gasteiger partial charge in [0, 0.05) is 30.8 Å². The maximum Gasteiger partial charge on any atom is 0.224 e. The van der Waals surface area contributed by atoms with Crippen LogP contribution in [0, 0.1) is 25.2 Å². The van der Waals surface area contributed by atoms with Crippen LogP contribution in [0.3, 0.4) is 0 Å². The number of fused-ring (bicyclic) bond motifs is 1. The number of nitrogens with one attached hydrogen (secondary N) is 2. The van der Waals surface area contributed by atoms with Crippen molar-refractivity contribution in [2.24, 2.45) is 11.3 Å². The third-order valence-electron chi connectivity index (χ3n) is 6.85. The van der Waals surface area contributed by atoms with Crippen LogP contribution in [0.25, 0.3) is 20.8 Å². The van der Waals surface area contributed by atoms with Crippen molar-refractivity contribution in [2.75, 3.05) is 30.4 Å². The fourth-order valence-corrected chi connectivity index (χ4v) is 5.61. The molecule has 0 radical (unpaired) electrons. The first-order valence-corrected chi connectivity index (χ1v) is 12.2. The van der Waals surface area contributed by atoms with Crippen molar-refractivity contribution in [1.82, 2.24) is 19.9 Å². The lowest BCUT2D eigenvalue weighted by molar-refractivity contribution is 0.219. The Morgan fingerprint density at radius 1 is 1.12 bits per heavy atom. The normalized spacial score (nSPS) is 21.8. The molecule has 170 valence electrons.